The zero-order valence-electron chi connectivity index (χ0n) is 81.5. The maximum atomic E-state index is 12.6. The minimum absolute atomic E-state index is 0. The number of nitrogens with zero attached hydrogens (tertiary/aromatic N) is 12. The fraction of sp³-hybridized carbons (Fsp3) is 0.457. The predicted octanol–water partition coefficient (Wildman–Crippen LogP) is 16.8. The Labute approximate surface area is 853 Å². The number of anilines is 3. The van der Waals surface area contributed by atoms with Crippen molar-refractivity contribution < 1.29 is 89.7 Å². The van der Waals surface area contributed by atoms with Crippen molar-refractivity contribution in [2.75, 3.05) is 70.9 Å². The number of amides is 4. The first kappa shape index (κ1) is 112. The van der Waals surface area contributed by atoms with E-state index in [0.717, 1.165) is 184 Å². The van der Waals surface area contributed by atoms with Crippen LogP contribution in [0.1, 0.15) is 256 Å². The van der Waals surface area contributed by atoms with Crippen LogP contribution in [0.25, 0.3) is 40.9 Å². The zero-order valence-corrected chi connectivity index (χ0v) is 85.3. The summed E-state index contributed by atoms with van der Waals surface area (Å²) >= 11 is 14.5. The van der Waals surface area contributed by atoms with Crippen LogP contribution in [0.5, 0.6) is 23.0 Å². The Morgan fingerprint density at radius 2 is 0.816 bits per heavy atom. The molecule has 12 aromatic rings. The maximum absolute atomic E-state index is 12.6. The summed E-state index contributed by atoms with van der Waals surface area (Å²) in [6, 6.07) is 21.6. The number of thiazole rings is 4. The Morgan fingerprint density at radius 1 is 0.544 bits per heavy atom. The van der Waals surface area contributed by atoms with Crippen LogP contribution in [-0.4, -0.2) is 192 Å². The molecule has 1 unspecified atom stereocenters. The molecule has 1 aliphatic heterocycles. The van der Waals surface area contributed by atoms with E-state index in [4.69, 9.17) is 57.4 Å². The Hall–Kier alpha value is -9.11. The third-order valence-electron chi connectivity index (χ3n) is 22.6. The third-order valence-corrected chi connectivity index (χ3v) is 27.9. The number of aryl methyl sites for hydroxylation is 4. The van der Waals surface area contributed by atoms with Crippen molar-refractivity contribution >= 4 is 213 Å². The van der Waals surface area contributed by atoms with E-state index >= 15 is 0 Å². The second-order valence-corrected chi connectivity index (χ2v) is 37.1. The minimum Gasteiger partial charge on any atom is -1.00 e. The number of hydrogen-bond donors (Lipinski definition) is 6. The Kier molecular flexibility index (Phi) is 49.5. The van der Waals surface area contributed by atoms with E-state index in [1.807, 2.05) is 49.3 Å². The summed E-state index contributed by atoms with van der Waals surface area (Å²) < 4.78 is 54.1. The second kappa shape index (κ2) is 60.0. The van der Waals surface area contributed by atoms with Gasteiger partial charge in [0.1, 0.15) is 86.9 Å². The molecule has 0 bridgehead atoms. The number of ether oxygens (including phenoxy) is 5. The number of nitrogens with one attached hydrogen (secondary N) is 4. The van der Waals surface area contributed by atoms with E-state index in [0.29, 0.717) is 129 Å². The van der Waals surface area contributed by atoms with Gasteiger partial charge >= 0.3 is 60.9 Å². The van der Waals surface area contributed by atoms with Crippen LogP contribution in [0.4, 0.5) is 21.4 Å². The molecule has 136 heavy (non-hydrogen) atoms. The van der Waals surface area contributed by atoms with Gasteiger partial charge in [-0.1, -0.05) is 20.5 Å². The van der Waals surface area contributed by atoms with Gasteiger partial charge in [-0.25, -0.2) is 59.8 Å². The van der Waals surface area contributed by atoms with Gasteiger partial charge in [0.15, 0.2) is 17.4 Å². The monoisotopic (exact) mass is 2040 g/mol. The normalized spacial score (nSPS) is 17.8. The molecule has 4 aliphatic carbocycles. The molecule has 720 valence electrons. The smallest absolute Gasteiger partial charge is 1.00 e. The van der Waals surface area contributed by atoms with Crippen molar-refractivity contribution in [3.05, 3.63) is 168 Å². The number of benzene rings is 4. The van der Waals surface area contributed by atoms with Crippen LogP contribution in [0.15, 0.2) is 102 Å². The van der Waals surface area contributed by atoms with Crippen LogP contribution in [0.3, 0.4) is 0 Å². The number of carbonyl (C=O) groups excluding carboxylic acids is 7. The van der Waals surface area contributed by atoms with Crippen LogP contribution >= 0.6 is 82.6 Å². The molecule has 30 nitrogen and oxygen atoms in total. The standard InChI is InChI=1S/C22H24N4O3S.C21H24N4O3S.C21H22N4O3S.C16H18BrNO2S.C6H7N3O.C4H8O.C2H6.CH3BS.CH5P.Al.BFHN.Li.4H/c1-12(27)14-4-6-15(7-5-14)22-26-18-10-19(29-3)17(11-20(18)30-22)25-21(28)16-8-9-23-13(2)24-16;2*1-12-22-8-7-15(23-12)20(27)24-16-10-19-17(9-18(16)28-2)25-21(29-19)14-5-3-13(11-26)4-6-14;1-9(19)10-3-5-11(6-4-10)16-18-13-8-14(20-2)12(17)7-15(13)21-16;1-4-8-3-2-5(9-4)6(7)10;1-2-4-5-3-1;1-2;1-2-3;1-2;;2-1-3;;;;;/h8-11,14-15H,4-7H2,1-3H3,(H,25,28);7-10,13-14,26H,3-6,11H2,1-2H3,(H,24,27);7-11,13-14H,3-6H2,1-2H3,(H,24,27);7-8,10-11H,3-6H2,1-2H3;2-3H,1H3,(H2,7,10);1-4H2;1-2H3;1H3;2H2,1H3;;3H;;;;;/q;;;;;;;;;;;+1;;;;-1/i;;;;;;1D;;1D;;;;;;;. The van der Waals surface area contributed by atoms with Gasteiger partial charge in [-0.05, 0) is 227 Å². The number of Topliss-reactive ketones (excluding diaryl/α,β-unsaturated/α-hetero) is 2. The zero-order chi connectivity index (χ0) is 98.9. The van der Waals surface area contributed by atoms with Crippen LogP contribution < -0.4 is 59.5 Å². The topological polar surface area (TPSA) is 427 Å². The summed E-state index contributed by atoms with van der Waals surface area (Å²) in [5, 5.41) is 27.9. The first-order valence-electron chi connectivity index (χ1n) is 45.4. The Bertz CT molecular complexity index is 5970. The van der Waals surface area contributed by atoms with Gasteiger partial charge in [-0.3, -0.25) is 28.8 Å². The first-order chi connectivity index (χ1) is 65.5. The summed E-state index contributed by atoms with van der Waals surface area (Å²) in [5.74, 6) is 6.62. The molecule has 1 saturated heterocycles. The molecular weight excluding hydrogens is 1920 g/mol. The molecule has 17 rings (SSSR count). The van der Waals surface area contributed by atoms with Crippen LogP contribution in [-0.2, 0) is 19.1 Å². The number of aldehydes is 1. The molecule has 42 heteroatoms. The van der Waals surface area contributed by atoms with E-state index in [1.54, 1.807) is 165 Å². The van der Waals surface area contributed by atoms with Crippen molar-refractivity contribution in [1.29, 1.82) is 5.31 Å². The summed E-state index contributed by atoms with van der Waals surface area (Å²) in [4.78, 5) is 134. The number of carbonyl (C=O) groups is 7. The van der Waals surface area contributed by atoms with E-state index in [-0.39, 0.29) is 92.8 Å². The van der Waals surface area contributed by atoms with Crippen molar-refractivity contribution in [3.63, 3.8) is 0 Å². The number of aliphatic hydroxyl groups is 1. The number of hydrogen-bond acceptors (Lipinski definition) is 31. The quantitative estimate of drug-likeness (QED) is 0.0249. The van der Waals surface area contributed by atoms with Gasteiger partial charge in [0, 0.05) is 113 Å². The van der Waals surface area contributed by atoms with Gasteiger partial charge in [-0.15, -0.1) is 54.6 Å². The third kappa shape index (κ3) is 34.4. The molecule has 5 fully saturated rings. The predicted molar refractivity (Wildman–Crippen MR) is 552 cm³/mol. The number of nitrogens with two attached hydrogens (primary N) is 1. The number of halogens is 2. The van der Waals surface area contributed by atoms with Gasteiger partial charge in [0.25, 0.3) is 23.6 Å². The van der Waals surface area contributed by atoms with E-state index in [9.17, 15) is 43.0 Å². The van der Waals surface area contributed by atoms with E-state index < -0.39 is 5.91 Å². The minimum atomic E-state index is -0.523. The molecule has 5 aliphatic rings. The molecule has 4 saturated carbocycles. The maximum Gasteiger partial charge on any atom is 1.00 e. The summed E-state index contributed by atoms with van der Waals surface area (Å²) in [5.41, 5.74) is 11.5. The number of rotatable bonds is 19. The summed E-state index contributed by atoms with van der Waals surface area (Å²) in [6.45, 7) is 17.1. The van der Waals surface area contributed by atoms with Crippen LogP contribution in [0.2, 0.25) is 6.82 Å². The number of methoxy groups -OCH3 is 4. The number of ketones is 2. The van der Waals surface area contributed by atoms with Gasteiger partial charge in [-0.2, -0.15) is 0 Å². The van der Waals surface area contributed by atoms with E-state index in [2.05, 4.69) is 99.1 Å². The molecule has 0 radical (unpaired) electrons. The average molecular weight is 2050 g/mol. The Balaban J connectivity index is 0.000000299. The van der Waals surface area contributed by atoms with Crippen molar-refractivity contribution in [1.82, 2.24) is 59.8 Å². The average Bonchev–Trinajstić information content (AvgIpc) is 1.66. The number of aliphatic hydroxyl groups excluding tert-OH is 1. The first-order valence-corrected chi connectivity index (χ1v) is 49.3. The molecule has 0 spiro atoms. The van der Waals surface area contributed by atoms with Gasteiger partial charge in [0.05, 0.1) is 111 Å². The van der Waals surface area contributed by atoms with Gasteiger partial charge in [0.2, 0.25) is 0 Å². The molecule has 8 aromatic heterocycles. The fourth-order valence-electron chi connectivity index (χ4n) is 15.5. The Morgan fingerprint density at radius 3 is 1.07 bits per heavy atom. The van der Waals surface area contributed by atoms with Crippen molar-refractivity contribution in [2.24, 2.45) is 29.4 Å². The SMILES string of the molecule is C1CCOC1.CB=S.COc1cc2nc(C3CCC(C(C)=O)CC3)sc2cc1Br.COc1cc2nc(C3CCC(C(C)=O)CC3)sc2cc1NC(=O)c1ccnc(C)n1.COc1cc2nc(C3CCC(C=O)CC3)sc2cc1NC(=O)c1ccnc(C)n1.COc1cc2nc(C3CCC(CO)CC3)sc2cc1NC(=O)c1ccnc(C)n1.Cc1nccc(C(N)=O)n1.N=BF.[2H]CC.[2H]CP.[AlH3].[H-].[Li+]. The van der Waals surface area contributed by atoms with E-state index in [1.165, 1.54) is 34.8 Å². The molecular formula is C94H122AlB2BrFLiN17O13PS5. The number of fused-ring (bicyclic) bond motifs is 4. The second-order valence-electron chi connectivity index (χ2n) is 31.5. The number of primary amides is 1. The summed E-state index contributed by atoms with van der Waals surface area (Å²) in [7, 11) is 8.38. The van der Waals surface area contributed by atoms with Crippen molar-refractivity contribution in [3.8, 4) is 23.0 Å². The number of aromatic nitrogens is 12. The largest absolute Gasteiger partial charge is 1.00 e. The van der Waals surface area contributed by atoms with Crippen molar-refractivity contribution in [2.45, 2.75) is 201 Å². The van der Waals surface area contributed by atoms with Crippen LogP contribution in [0, 0.1) is 56.7 Å². The molecule has 4 aromatic carbocycles. The fourth-order valence-corrected chi connectivity index (χ4v) is 20.8. The molecule has 9 heterocycles. The summed E-state index contributed by atoms with van der Waals surface area (Å²) in [6.07, 6.45) is 27.4. The molecule has 1 atom stereocenters. The molecule has 7 N–H and O–H groups in total. The van der Waals surface area contributed by atoms with Gasteiger partial charge < -0.3 is 56.7 Å². The molecule has 4 amide bonds.